The number of aromatic carboxylic acids is 1. The van der Waals surface area contributed by atoms with Crippen molar-refractivity contribution in [2.45, 2.75) is 30.7 Å². The monoisotopic (exact) mass is 406 g/mol. The van der Waals surface area contributed by atoms with Gasteiger partial charge in [0.1, 0.15) is 5.56 Å². The van der Waals surface area contributed by atoms with Crippen LogP contribution >= 0.6 is 0 Å². The number of carboxylic acid groups (broad SMARTS) is 1. The minimum absolute atomic E-state index is 0.148. The molecule has 3 rings (SSSR count). The minimum atomic E-state index is -3.57. The van der Waals surface area contributed by atoms with E-state index in [0.29, 0.717) is 12.8 Å². The first-order valence-electron chi connectivity index (χ1n) is 8.83. The molecule has 2 N–H and O–H groups in total. The first kappa shape index (κ1) is 20.0. The van der Waals surface area contributed by atoms with Crippen LogP contribution in [0.4, 0.5) is 0 Å². The average Bonchev–Trinajstić information content (AvgIpc) is 3.05. The van der Waals surface area contributed by atoms with Gasteiger partial charge in [-0.3, -0.25) is 9.48 Å². The Morgan fingerprint density at radius 2 is 1.79 bits per heavy atom. The molecular formula is C18H22N4O5S. The van der Waals surface area contributed by atoms with Gasteiger partial charge in [-0.05, 0) is 31.9 Å². The molecule has 28 heavy (non-hydrogen) atoms. The number of sulfonamides is 1. The van der Waals surface area contributed by atoms with Gasteiger partial charge in [0.2, 0.25) is 10.0 Å². The fraction of sp³-hybridized carbons (Fsp3) is 0.389. The smallest absolute Gasteiger partial charge is 0.339 e. The number of hydrogen-bond donors (Lipinski definition) is 2. The second-order valence-corrected chi connectivity index (χ2v) is 8.77. The van der Waals surface area contributed by atoms with Crippen molar-refractivity contribution in [3.05, 3.63) is 47.3 Å². The SMILES string of the molecule is Cc1ccc(S(=O)(=O)N2CCC(NC(=O)c3nn(C)cc3C(=O)O)CC2)cc1. The molecule has 0 aliphatic carbocycles. The Kier molecular flexibility index (Phi) is 5.52. The molecule has 1 fully saturated rings. The van der Waals surface area contributed by atoms with E-state index in [1.807, 2.05) is 6.92 Å². The molecular weight excluding hydrogens is 384 g/mol. The van der Waals surface area contributed by atoms with Crippen LogP contribution in [0.15, 0.2) is 35.4 Å². The molecule has 1 aliphatic rings. The molecule has 1 saturated heterocycles. The van der Waals surface area contributed by atoms with Crippen LogP contribution in [-0.4, -0.2) is 58.6 Å². The molecule has 10 heteroatoms. The molecule has 1 aromatic carbocycles. The van der Waals surface area contributed by atoms with Gasteiger partial charge in [0.05, 0.1) is 4.90 Å². The molecule has 2 aromatic rings. The van der Waals surface area contributed by atoms with Gasteiger partial charge in [-0.25, -0.2) is 13.2 Å². The summed E-state index contributed by atoms with van der Waals surface area (Å²) in [6.45, 7) is 2.44. The standard InChI is InChI=1S/C18H22N4O5S/c1-12-3-5-14(6-4-12)28(26,27)22-9-7-13(8-10-22)19-17(23)16-15(18(24)25)11-21(2)20-16/h3-6,11,13H,7-10H2,1-2H3,(H,19,23)(H,24,25). The van der Waals surface area contributed by atoms with Crippen LogP contribution in [-0.2, 0) is 17.1 Å². The largest absolute Gasteiger partial charge is 0.478 e. The highest BCUT2D eigenvalue weighted by molar-refractivity contribution is 7.89. The van der Waals surface area contributed by atoms with Crippen molar-refractivity contribution in [2.75, 3.05) is 13.1 Å². The van der Waals surface area contributed by atoms with Gasteiger partial charge in [-0.1, -0.05) is 17.7 Å². The molecule has 9 nitrogen and oxygen atoms in total. The summed E-state index contributed by atoms with van der Waals surface area (Å²) >= 11 is 0. The number of carboxylic acids is 1. The van der Waals surface area contributed by atoms with E-state index < -0.39 is 21.9 Å². The normalized spacial score (nSPS) is 16.1. The van der Waals surface area contributed by atoms with Crippen molar-refractivity contribution >= 4 is 21.9 Å². The third-order valence-corrected chi connectivity index (χ3v) is 6.64. The molecule has 2 heterocycles. The number of carbonyl (C=O) groups excluding carboxylic acids is 1. The summed E-state index contributed by atoms with van der Waals surface area (Å²) in [6, 6.07) is 6.44. The fourth-order valence-electron chi connectivity index (χ4n) is 3.17. The van der Waals surface area contributed by atoms with Crippen LogP contribution < -0.4 is 5.32 Å². The molecule has 0 spiro atoms. The summed E-state index contributed by atoms with van der Waals surface area (Å²) in [5, 5.41) is 15.9. The second kappa shape index (κ2) is 7.72. The Labute approximate surface area is 163 Å². The quantitative estimate of drug-likeness (QED) is 0.764. The van der Waals surface area contributed by atoms with Gasteiger partial charge >= 0.3 is 5.97 Å². The van der Waals surface area contributed by atoms with Gasteiger partial charge in [-0.15, -0.1) is 0 Å². The number of piperidine rings is 1. The summed E-state index contributed by atoms with van der Waals surface area (Å²) < 4.78 is 28.1. The number of rotatable bonds is 5. The zero-order valence-corrected chi connectivity index (χ0v) is 16.4. The summed E-state index contributed by atoms with van der Waals surface area (Å²) in [6.07, 6.45) is 2.14. The Hall–Kier alpha value is -2.72. The van der Waals surface area contributed by atoms with Gasteiger partial charge in [0.15, 0.2) is 5.69 Å². The topological polar surface area (TPSA) is 122 Å². The van der Waals surface area contributed by atoms with E-state index >= 15 is 0 Å². The zero-order chi connectivity index (χ0) is 20.5. The number of nitrogens with one attached hydrogen (secondary N) is 1. The predicted molar refractivity (Wildman–Crippen MR) is 101 cm³/mol. The van der Waals surface area contributed by atoms with Gasteiger partial charge in [0, 0.05) is 32.4 Å². The Morgan fingerprint density at radius 3 is 2.36 bits per heavy atom. The summed E-state index contributed by atoms with van der Waals surface area (Å²) in [5.74, 6) is -1.80. The van der Waals surface area contributed by atoms with Crippen molar-refractivity contribution in [1.82, 2.24) is 19.4 Å². The molecule has 1 amide bonds. The van der Waals surface area contributed by atoms with Crippen LogP contribution in [0.25, 0.3) is 0 Å². The van der Waals surface area contributed by atoms with E-state index in [1.165, 1.54) is 22.2 Å². The number of benzene rings is 1. The average molecular weight is 406 g/mol. The minimum Gasteiger partial charge on any atom is -0.478 e. The van der Waals surface area contributed by atoms with Crippen LogP contribution in [0.3, 0.4) is 0 Å². The highest BCUT2D eigenvalue weighted by Crippen LogP contribution is 2.21. The molecule has 1 aliphatic heterocycles. The highest BCUT2D eigenvalue weighted by atomic mass is 32.2. The number of amides is 1. The number of hydrogen-bond acceptors (Lipinski definition) is 5. The first-order valence-corrected chi connectivity index (χ1v) is 10.3. The Morgan fingerprint density at radius 1 is 1.18 bits per heavy atom. The lowest BCUT2D eigenvalue weighted by atomic mass is 10.1. The van der Waals surface area contributed by atoms with E-state index in [-0.39, 0.29) is 35.3 Å². The van der Waals surface area contributed by atoms with Gasteiger partial charge in [-0.2, -0.15) is 9.40 Å². The van der Waals surface area contributed by atoms with Crippen molar-refractivity contribution in [1.29, 1.82) is 0 Å². The molecule has 0 radical (unpaired) electrons. The van der Waals surface area contributed by atoms with Crippen LogP contribution in [0, 0.1) is 6.92 Å². The summed E-state index contributed by atoms with van der Waals surface area (Å²) in [4.78, 5) is 23.9. The number of aryl methyl sites for hydroxylation is 2. The zero-order valence-electron chi connectivity index (χ0n) is 15.6. The lowest BCUT2D eigenvalue weighted by molar-refractivity contribution is 0.0690. The first-order chi connectivity index (χ1) is 13.2. The Bertz CT molecular complexity index is 989. The van der Waals surface area contributed by atoms with Crippen molar-refractivity contribution in [3.8, 4) is 0 Å². The third-order valence-electron chi connectivity index (χ3n) is 4.72. The lowest BCUT2D eigenvalue weighted by Crippen LogP contribution is -2.46. The molecule has 0 unspecified atom stereocenters. The third kappa shape index (κ3) is 4.07. The van der Waals surface area contributed by atoms with Crippen molar-refractivity contribution in [2.24, 2.45) is 7.05 Å². The van der Waals surface area contributed by atoms with Crippen LogP contribution in [0.2, 0.25) is 0 Å². The summed E-state index contributed by atoms with van der Waals surface area (Å²) in [5.41, 5.74) is 0.666. The van der Waals surface area contributed by atoms with Gasteiger partial charge < -0.3 is 10.4 Å². The van der Waals surface area contributed by atoms with E-state index in [1.54, 1.807) is 24.3 Å². The molecule has 0 saturated carbocycles. The Balaban J connectivity index is 1.63. The molecule has 1 aromatic heterocycles. The number of carbonyl (C=O) groups is 2. The number of nitrogens with zero attached hydrogens (tertiary/aromatic N) is 3. The van der Waals surface area contributed by atoms with Gasteiger partial charge in [0.25, 0.3) is 5.91 Å². The van der Waals surface area contributed by atoms with Crippen LogP contribution in [0.5, 0.6) is 0 Å². The maximum Gasteiger partial charge on any atom is 0.339 e. The summed E-state index contributed by atoms with van der Waals surface area (Å²) in [7, 11) is -2.03. The maximum absolute atomic E-state index is 12.7. The second-order valence-electron chi connectivity index (χ2n) is 6.84. The maximum atomic E-state index is 12.7. The van der Waals surface area contributed by atoms with E-state index in [4.69, 9.17) is 0 Å². The van der Waals surface area contributed by atoms with E-state index in [0.717, 1.165) is 5.56 Å². The highest BCUT2D eigenvalue weighted by Gasteiger charge is 2.31. The van der Waals surface area contributed by atoms with E-state index in [2.05, 4.69) is 10.4 Å². The van der Waals surface area contributed by atoms with Crippen LogP contribution in [0.1, 0.15) is 39.3 Å². The van der Waals surface area contributed by atoms with E-state index in [9.17, 15) is 23.1 Å². The predicted octanol–water partition coefficient (Wildman–Crippen LogP) is 1.01. The molecule has 150 valence electrons. The lowest BCUT2D eigenvalue weighted by Gasteiger charge is -2.31. The van der Waals surface area contributed by atoms with Crippen molar-refractivity contribution in [3.63, 3.8) is 0 Å². The molecule has 0 atom stereocenters. The fourth-order valence-corrected chi connectivity index (χ4v) is 4.64. The van der Waals surface area contributed by atoms with Crippen molar-refractivity contribution < 1.29 is 23.1 Å². The molecule has 0 bridgehead atoms. The number of aromatic nitrogens is 2.